The number of benzene rings is 2. The van der Waals surface area contributed by atoms with Crippen molar-refractivity contribution in [2.45, 2.75) is 11.8 Å². The molecule has 0 spiro atoms. The van der Waals surface area contributed by atoms with E-state index in [0.29, 0.717) is 0 Å². The minimum Gasteiger partial charge on any atom is -0.384 e. The molecule has 19 heavy (non-hydrogen) atoms. The standard InChI is InChI=1S/C16H16ClIO/c1-19-11-10-12-2-4-13(5-3-12)16(17)14-6-8-15(18)9-7-14/h2-9,16H,10-11H2,1H3. The van der Waals surface area contributed by atoms with E-state index in [0.717, 1.165) is 24.2 Å². The van der Waals surface area contributed by atoms with Crippen molar-refractivity contribution in [3.63, 3.8) is 0 Å². The highest BCUT2D eigenvalue weighted by Gasteiger charge is 2.10. The first kappa shape index (κ1) is 14.8. The zero-order chi connectivity index (χ0) is 13.7. The molecule has 2 rings (SSSR count). The summed E-state index contributed by atoms with van der Waals surface area (Å²) in [4.78, 5) is 0. The van der Waals surface area contributed by atoms with Crippen LogP contribution >= 0.6 is 34.2 Å². The van der Waals surface area contributed by atoms with E-state index in [4.69, 9.17) is 16.3 Å². The summed E-state index contributed by atoms with van der Waals surface area (Å²) in [5.74, 6) is 0. The molecule has 0 N–H and O–H groups in total. The first-order valence-corrected chi connectivity index (χ1v) is 7.69. The van der Waals surface area contributed by atoms with Gasteiger partial charge in [0.15, 0.2) is 0 Å². The second kappa shape index (κ2) is 7.27. The summed E-state index contributed by atoms with van der Waals surface area (Å²) in [6.07, 6.45) is 0.938. The Kier molecular flexibility index (Phi) is 5.67. The lowest BCUT2D eigenvalue weighted by Gasteiger charge is -2.11. The molecule has 0 saturated heterocycles. The highest BCUT2D eigenvalue weighted by molar-refractivity contribution is 14.1. The number of alkyl halides is 1. The van der Waals surface area contributed by atoms with E-state index >= 15 is 0 Å². The molecule has 3 heteroatoms. The van der Waals surface area contributed by atoms with Gasteiger partial charge in [0.1, 0.15) is 0 Å². The summed E-state index contributed by atoms with van der Waals surface area (Å²) in [6, 6.07) is 16.8. The second-order valence-electron chi connectivity index (χ2n) is 4.40. The van der Waals surface area contributed by atoms with Gasteiger partial charge in [-0.2, -0.15) is 0 Å². The first-order chi connectivity index (χ1) is 9.20. The third kappa shape index (κ3) is 4.20. The summed E-state index contributed by atoms with van der Waals surface area (Å²) >= 11 is 8.81. The van der Waals surface area contributed by atoms with Crippen LogP contribution < -0.4 is 0 Å². The van der Waals surface area contributed by atoms with Gasteiger partial charge >= 0.3 is 0 Å². The number of rotatable bonds is 5. The van der Waals surface area contributed by atoms with Crippen LogP contribution in [0.3, 0.4) is 0 Å². The molecule has 0 amide bonds. The average Bonchev–Trinajstić information content (AvgIpc) is 2.46. The Labute approximate surface area is 133 Å². The summed E-state index contributed by atoms with van der Waals surface area (Å²) < 4.78 is 6.30. The highest BCUT2D eigenvalue weighted by Crippen LogP contribution is 2.29. The van der Waals surface area contributed by atoms with Gasteiger partial charge in [0, 0.05) is 10.7 Å². The Morgan fingerprint density at radius 2 is 1.53 bits per heavy atom. The molecule has 0 bridgehead atoms. The Morgan fingerprint density at radius 3 is 2.05 bits per heavy atom. The molecule has 2 aromatic rings. The van der Waals surface area contributed by atoms with E-state index < -0.39 is 0 Å². The lowest BCUT2D eigenvalue weighted by atomic mass is 10.0. The number of methoxy groups -OCH3 is 1. The molecular weight excluding hydrogens is 371 g/mol. The molecule has 100 valence electrons. The fourth-order valence-corrected chi connectivity index (χ4v) is 2.55. The molecule has 1 atom stereocenters. The number of hydrogen-bond acceptors (Lipinski definition) is 1. The van der Waals surface area contributed by atoms with Gasteiger partial charge in [-0.25, -0.2) is 0 Å². The summed E-state index contributed by atoms with van der Waals surface area (Å²) in [7, 11) is 1.72. The molecule has 0 radical (unpaired) electrons. The van der Waals surface area contributed by atoms with Gasteiger partial charge in [-0.3, -0.25) is 0 Å². The molecule has 0 heterocycles. The maximum atomic E-state index is 6.51. The fourth-order valence-electron chi connectivity index (χ4n) is 1.90. The van der Waals surface area contributed by atoms with Crippen molar-refractivity contribution >= 4 is 34.2 Å². The minimum atomic E-state index is -0.0894. The minimum absolute atomic E-state index is 0.0894. The Hall–Kier alpha value is -0.580. The number of ether oxygens (including phenoxy) is 1. The highest BCUT2D eigenvalue weighted by atomic mass is 127. The van der Waals surface area contributed by atoms with E-state index in [9.17, 15) is 0 Å². The van der Waals surface area contributed by atoms with Crippen LogP contribution in [0.15, 0.2) is 48.5 Å². The summed E-state index contributed by atoms with van der Waals surface area (Å²) in [5, 5.41) is -0.0894. The van der Waals surface area contributed by atoms with Crippen LogP contribution in [-0.4, -0.2) is 13.7 Å². The zero-order valence-electron chi connectivity index (χ0n) is 10.8. The van der Waals surface area contributed by atoms with Gasteiger partial charge in [-0.1, -0.05) is 36.4 Å². The lowest BCUT2D eigenvalue weighted by Crippen LogP contribution is -1.96. The molecule has 0 aliphatic carbocycles. The number of halogens is 2. The van der Waals surface area contributed by atoms with Crippen molar-refractivity contribution in [1.82, 2.24) is 0 Å². The van der Waals surface area contributed by atoms with Crippen molar-refractivity contribution in [3.8, 4) is 0 Å². The maximum absolute atomic E-state index is 6.51. The van der Waals surface area contributed by atoms with Crippen LogP contribution in [0.2, 0.25) is 0 Å². The molecule has 0 saturated carbocycles. The van der Waals surface area contributed by atoms with Gasteiger partial charge in [-0.15, -0.1) is 11.6 Å². The fraction of sp³-hybridized carbons (Fsp3) is 0.250. The van der Waals surface area contributed by atoms with E-state index in [1.54, 1.807) is 7.11 Å². The predicted octanol–water partition coefficient (Wildman–Crippen LogP) is 4.81. The maximum Gasteiger partial charge on any atom is 0.0835 e. The van der Waals surface area contributed by atoms with Gasteiger partial charge in [0.2, 0.25) is 0 Å². The van der Waals surface area contributed by atoms with Crippen molar-refractivity contribution in [3.05, 3.63) is 68.8 Å². The Morgan fingerprint density at radius 1 is 1.00 bits per heavy atom. The van der Waals surface area contributed by atoms with Crippen LogP contribution in [0.1, 0.15) is 22.1 Å². The largest absolute Gasteiger partial charge is 0.384 e. The zero-order valence-corrected chi connectivity index (χ0v) is 13.7. The monoisotopic (exact) mass is 386 g/mol. The summed E-state index contributed by atoms with van der Waals surface area (Å²) in [6.45, 7) is 0.751. The van der Waals surface area contributed by atoms with E-state index in [2.05, 4.69) is 71.1 Å². The summed E-state index contributed by atoms with van der Waals surface area (Å²) in [5.41, 5.74) is 3.54. The third-order valence-electron chi connectivity index (χ3n) is 3.03. The number of hydrogen-bond donors (Lipinski definition) is 0. The molecule has 2 aromatic carbocycles. The second-order valence-corrected chi connectivity index (χ2v) is 6.08. The van der Waals surface area contributed by atoms with Crippen molar-refractivity contribution in [1.29, 1.82) is 0 Å². The van der Waals surface area contributed by atoms with E-state index in [1.165, 1.54) is 9.13 Å². The Bertz CT molecular complexity index is 507. The van der Waals surface area contributed by atoms with Crippen molar-refractivity contribution in [2.24, 2.45) is 0 Å². The van der Waals surface area contributed by atoms with Crippen LogP contribution in [0.4, 0.5) is 0 Å². The first-order valence-electron chi connectivity index (χ1n) is 6.18. The van der Waals surface area contributed by atoms with Gasteiger partial charge < -0.3 is 4.74 Å². The molecular formula is C16H16ClIO. The molecule has 0 fully saturated rings. The average molecular weight is 387 g/mol. The molecule has 0 aromatic heterocycles. The SMILES string of the molecule is COCCc1ccc(C(Cl)c2ccc(I)cc2)cc1. The van der Waals surface area contributed by atoms with Gasteiger partial charge in [0.05, 0.1) is 12.0 Å². The smallest absolute Gasteiger partial charge is 0.0835 e. The molecule has 1 nitrogen and oxygen atoms in total. The van der Waals surface area contributed by atoms with E-state index in [1.807, 2.05) is 0 Å². The van der Waals surface area contributed by atoms with Crippen LogP contribution in [-0.2, 0) is 11.2 Å². The Balaban J connectivity index is 2.10. The van der Waals surface area contributed by atoms with Crippen molar-refractivity contribution < 1.29 is 4.74 Å². The molecule has 1 unspecified atom stereocenters. The predicted molar refractivity (Wildman–Crippen MR) is 88.9 cm³/mol. The van der Waals surface area contributed by atoms with Crippen molar-refractivity contribution in [2.75, 3.05) is 13.7 Å². The van der Waals surface area contributed by atoms with Crippen LogP contribution in [0.5, 0.6) is 0 Å². The van der Waals surface area contributed by atoms with Gasteiger partial charge in [0.25, 0.3) is 0 Å². The topological polar surface area (TPSA) is 9.23 Å². The van der Waals surface area contributed by atoms with Gasteiger partial charge in [-0.05, 0) is 57.8 Å². The third-order valence-corrected chi connectivity index (χ3v) is 4.25. The van der Waals surface area contributed by atoms with Crippen LogP contribution in [0.25, 0.3) is 0 Å². The van der Waals surface area contributed by atoms with Crippen LogP contribution in [0, 0.1) is 3.57 Å². The normalized spacial score (nSPS) is 12.4. The molecule has 0 aliphatic heterocycles. The lowest BCUT2D eigenvalue weighted by molar-refractivity contribution is 0.202. The quantitative estimate of drug-likeness (QED) is 0.529. The van der Waals surface area contributed by atoms with E-state index in [-0.39, 0.29) is 5.38 Å². The molecule has 0 aliphatic rings.